The van der Waals surface area contributed by atoms with E-state index in [0.29, 0.717) is 10.7 Å². The summed E-state index contributed by atoms with van der Waals surface area (Å²) in [6.45, 7) is 3.76. The molecule has 0 amide bonds. The van der Waals surface area contributed by atoms with Crippen molar-refractivity contribution < 1.29 is 8.78 Å². The van der Waals surface area contributed by atoms with Crippen molar-refractivity contribution in [1.29, 1.82) is 0 Å². The first-order chi connectivity index (χ1) is 8.49. The van der Waals surface area contributed by atoms with E-state index < -0.39 is 6.43 Å². The van der Waals surface area contributed by atoms with Crippen LogP contribution in [0.25, 0.3) is 11.3 Å². The third kappa shape index (κ3) is 2.51. The molecule has 2 rings (SSSR count). The molecular formula is C12H12ClF2N3. The second kappa shape index (κ2) is 5.02. The number of nitrogens with zero attached hydrogens (tertiary/aromatic N) is 3. The van der Waals surface area contributed by atoms with E-state index in [1.165, 1.54) is 17.1 Å². The largest absolute Gasteiger partial charge is 0.269 e. The molecule has 0 saturated heterocycles. The fourth-order valence-corrected chi connectivity index (χ4v) is 1.68. The van der Waals surface area contributed by atoms with Crippen molar-refractivity contribution in [2.75, 3.05) is 0 Å². The van der Waals surface area contributed by atoms with Crippen molar-refractivity contribution in [3.05, 3.63) is 35.2 Å². The highest BCUT2D eigenvalue weighted by Gasteiger charge is 2.20. The average Bonchev–Trinajstić information content (AvgIpc) is 2.75. The Kier molecular flexibility index (Phi) is 3.61. The minimum Gasteiger partial charge on any atom is -0.269 e. The smallest absolute Gasteiger partial charge is 0.267 e. The number of hydrogen-bond acceptors (Lipinski definition) is 2. The van der Waals surface area contributed by atoms with Gasteiger partial charge in [-0.3, -0.25) is 4.68 Å². The Bertz CT molecular complexity index is 535. The van der Waals surface area contributed by atoms with Gasteiger partial charge in [-0.2, -0.15) is 5.10 Å². The lowest BCUT2D eigenvalue weighted by molar-refractivity contribution is 0.152. The molecule has 18 heavy (non-hydrogen) atoms. The van der Waals surface area contributed by atoms with E-state index in [2.05, 4.69) is 10.1 Å². The fraction of sp³-hybridized carbons (Fsp3) is 0.333. The molecule has 0 saturated carbocycles. The summed E-state index contributed by atoms with van der Waals surface area (Å²) in [6.07, 6.45) is 0.253. The molecule has 0 aromatic carbocycles. The van der Waals surface area contributed by atoms with Gasteiger partial charge in [-0.25, -0.2) is 13.8 Å². The van der Waals surface area contributed by atoms with Gasteiger partial charge in [0.05, 0.1) is 5.56 Å². The van der Waals surface area contributed by atoms with Crippen LogP contribution in [0, 0.1) is 0 Å². The normalized spacial score (nSPS) is 11.5. The maximum Gasteiger partial charge on any atom is 0.267 e. The second-order valence-electron chi connectivity index (χ2n) is 4.18. The Hall–Kier alpha value is -1.49. The van der Waals surface area contributed by atoms with Gasteiger partial charge in [-0.1, -0.05) is 11.6 Å². The van der Waals surface area contributed by atoms with E-state index in [1.54, 1.807) is 12.1 Å². The topological polar surface area (TPSA) is 30.7 Å². The number of aromatic nitrogens is 3. The molecule has 0 aliphatic heterocycles. The lowest BCUT2D eigenvalue weighted by Crippen LogP contribution is -2.00. The molecule has 0 atom stereocenters. The van der Waals surface area contributed by atoms with Crippen LogP contribution >= 0.6 is 11.6 Å². The number of hydrogen-bond donors (Lipinski definition) is 0. The van der Waals surface area contributed by atoms with Gasteiger partial charge in [-0.05, 0) is 26.0 Å². The molecule has 2 heterocycles. The van der Waals surface area contributed by atoms with Crippen molar-refractivity contribution in [3.8, 4) is 11.3 Å². The predicted molar refractivity (Wildman–Crippen MR) is 65.8 cm³/mol. The van der Waals surface area contributed by atoms with Crippen LogP contribution in [-0.2, 0) is 0 Å². The maximum absolute atomic E-state index is 13.0. The third-order valence-corrected chi connectivity index (χ3v) is 2.75. The van der Waals surface area contributed by atoms with Crippen LogP contribution in [0.15, 0.2) is 24.5 Å². The van der Waals surface area contributed by atoms with Gasteiger partial charge in [0.15, 0.2) is 0 Å². The van der Waals surface area contributed by atoms with E-state index in [1.807, 2.05) is 13.8 Å². The van der Waals surface area contributed by atoms with E-state index in [9.17, 15) is 8.78 Å². The van der Waals surface area contributed by atoms with Gasteiger partial charge < -0.3 is 0 Å². The molecule has 6 heteroatoms. The molecular weight excluding hydrogens is 260 g/mol. The summed E-state index contributed by atoms with van der Waals surface area (Å²) < 4.78 is 27.5. The summed E-state index contributed by atoms with van der Waals surface area (Å²) >= 11 is 5.67. The predicted octanol–water partition coefficient (Wildman–Crippen LogP) is 4.12. The Morgan fingerprint density at radius 2 is 2.00 bits per heavy atom. The molecule has 0 aliphatic rings. The second-order valence-corrected chi connectivity index (χ2v) is 4.56. The van der Waals surface area contributed by atoms with Crippen LogP contribution in [0.3, 0.4) is 0 Å². The lowest BCUT2D eigenvalue weighted by Gasteiger charge is -2.03. The van der Waals surface area contributed by atoms with Crippen LogP contribution in [0.4, 0.5) is 8.78 Å². The molecule has 0 N–H and O–H groups in total. The van der Waals surface area contributed by atoms with Crippen molar-refractivity contribution in [3.63, 3.8) is 0 Å². The van der Waals surface area contributed by atoms with Crippen LogP contribution in [0.2, 0.25) is 5.15 Å². The molecule has 0 bridgehead atoms. The molecule has 0 fully saturated rings. The van der Waals surface area contributed by atoms with E-state index in [-0.39, 0.29) is 17.3 Å². The molecule has 0 unspecified atom stereocenters. The summed E-state index contributed by atoms with van der Waals surface area (Å²) in [5, 5.41) is 4.50. The first-order valence-electron chi connectivity index (χ1n) is 5.48. The molecule has 2 aromatic rings. The van der Waals surface area contributed by atoms with Crippen LogP contribution in [0.5, 0.6) is 0 Å². The molecule has 96 valence electrons. The van der Waals surface area contributed by atoms with Crippen molar-refractivity contribution >= 4 is 11.6 Å². The Morgan fingerprint density at radius 3 is 2.50 bits per heavy atom. The van der Waals surface area contributed by atoms with Gasteiger partial charge in [0.1, 0.15) is 10.8 Å². The SMILES string of the molecule is CC(C)n1cc(C(F)F)c(-c2ccc(Cl)nc2)n1. The van der Waals surface area contributed by atoms with Gasteiger partial charge in [0.25, 0.3) is 6.43 Å². The number of pyridine rings is 1. The Balaban J connectivity index is 2.51. The zero-order valence-electron chi connectivity index (χ0n) is 9.94. The molecule has 2 aromatic heterocycles. The van der Waals surface area contributed by atoms with Crippen LogP contribution < -0.4 is 0 Å². The Morgan fingerprint density at radius 1 is 1.28 bits per heavy atom. The van der Waals surface area contributed by atoms with Gasteiger partial charge in [0, 0.05) is 24.0 Å². The maximum atomic E-state index is 13.0. The molecule has 0 radical (unpaired) electrons. The number of rotatable bonds is 3. The third-order valence-electron chi connectivity index (χ3n) is 2.53. The summed E-state index contributed by atoms with van der Waals surface area (Å²) in [5.41, 5.74) is 0.699. The number of alkyl halides is 2. The summed E-state index contributed by atoms with van der Waals surface area (Å²) in [7, 11) is 0. The first-order valence-corrected chi connectivity index (χ1v) is 5.86. The van der Waals surface area contributed by atoms with Crippen molar-refractivity contribution in [1.82, 2.24) is 14.8 Å². The quantitative estimate of drug-likeness (QED) is 0.786. The fourth-order valence-electron chi connectivity index (χ4n) is 1.57. The lowest BCUT2D eigenvalue weighted by atomic mass is 10.1. The van der Waals surface area contributed by atoms with Gasteiger partial charge in [0.2, 0.25) is 0 Å². The highest BCUT2D eigenvalue weighted by Crippen LogP contribution is 2.30. The van der Waals surface area contributed by atoms with Gasteiger partial charge in [-0.15, -0.1) is 0 Å². The highest BCUT2D eigenvalue weighted by atomic mass is 35.5. The zero-order chi connectivity index (χ0) is 13.3. The van der Waals surface area contributed by atoms with E-state index >= 15 is 0 Å². The molecule has 3 nitrogen and oxygen atoms in total. The standard InChI is InChI=1S/C12H12ClF2N3/c1-7(2)18-6-9(12(14)15)11(17-18)8-3-4-10(13)16-5-8/h3-7,12H,1-2H3. The summed E-state index contributed by atoms with van der Waals surface area (Å²) in [4.78, 5) is 3.88. The molecule has 0 spiro atoms. The van der Waals surface area contributed by atoms with Crippen molar-refractivity contribution in [2.24, 2.45) is 0 Å². The van der Waals surface area contributed by atoms with Crippen molar-refractivity contribution in [2.45, 2.75) is 26.3 Å². The minimum atomic E-state index is -2.57. The average molecular weight is 272 g/mol. The number of halogens is 3. The van der Waals surface area contributed by atoms with Crippen LogP contribution in [0.1, 0.15) is 31.9 Å². The molecule has 0 aliphatic carbocycles. The first kappa shape index (κ1) is 13.0. The van der Waals surface area contributed by atoms with E-state index in [0.717, 1.165) is 0 Å². The summed E-state index contributed by atoms with van der Waals surface area (Å²) in [5.74, 6) is 0. The van der Waals surface area contributed by atoms with Gasteiger partial charge >= 0.3 is 0 Å². The Labute approximate surface area is 108 Å². The minimum absolute atomic E-state index is 0.0245. The monoisotopic (exact) mass is 271 g/mol. The summed E-state index contributed by atoms with van der Waals surface area (Å²) in [6, 6.07) is 3.21. The zero-order valence-corrected chi connectivity index (χ0v) is 10.7. The van der Waals surface area contributed by atoms with Crippen LogP contribution in [-0.4, -0.2) is 14.8 Å². The highest BCUT2D eigenvalue weighted by molar-refractivity contribution is 6.29. The van der Waals surface area contributed by atoms with E-state index in [4.69, 9.17) is 11.6 Å².